The molecule has 2 aromatic rings. The van der Waals surface area contributed by atoms with Crippen LogP contribution in [-0.4, -0.2) is 27.0 Å². The Morgan fingerprint density at radius 1 is 1.32 bits per heavy atom. The van der Waals surface area contributed by atoms with E-state index in [9.17, 15) is 20.0 Å². The van der Waals surface area contributed by atoms with Crippen molar-refractivity contribution in [3.8, 4) is 11.8 Å². The zero-order valence-electron chi connectivity index (χ0n) is 13.3. The third-order valence-electron chi connectivity index (χ3n) is 4.09. The Hall–Kier alpha value is -2.56. The van der Waals surface area contributed by atoms with E-state index in [1.807, 2.05) is 6.07 Å². The van der Waals surface area contributed by atoms with Crippen LogP contribution in [0, 0.1) is 11.3 Å². The van der Waals surface area contributed by atoms with Gasteiger partial charge in [0.2, 0.25) is 0 Å². The van der Waals surface area contributed by atoms with Gasteiger partial charge in [-0.2, -0.15) is 5.26 Å². The Morgan fingerprint density at radius 3 is 2.72 bits per heavy atom. The van der Waals surface area contributed by atoms with E-state index in [-0.39, 0.29) is 18.7 Å². The van der Waals surface area contributed by atoms with E-state index in [1.54, 1.807) is 24.3 Å². The third-order valence-corrected chi connectivity index (χ3v) is 4.34. The second-order valence-corrected chi connectivity index (χ2v) is 6.24. The second-order valence-electron chi connectivity index (χ2n) is 5.81. The third kappa shape index (κ3) is 3.45. The van der Waals surface area contributed by atoms with E-state index in [4.69, 9.17) is 16.3 Å². The van der Waals surface area contributed by atoms with Crippen molar-refractivity contribution in [1.29, 1.82) is 5.26 Å². The minimum absolute atomic E-state index is 0.0251. The number of nitriles is 1. The number of aliphatic hydroxyl groups excluding tert-OH is 1. The molecule has 0 fully saturated rings. The van der Waals surface area contributed by atoms with Gasteiger partial charge in [-0.15, -0.1) is 0 Å². The van der Waals surface area contributed by atoms with E-state index in [0.717, 1.165) is 11.0 Å². The number of benzene rings is 1. The quantitative estimate of drug-likeness (QED) is 0.854. The summed E-state index contributed by atoms with van der Waals surface area (Å²) in [5.41, 5.74) is -0.697. The molecule has 7 nitrogen and oxygen atoms in total. The molecule has 8 heteroatoms. The maximum absolute atomic E-state index is 12.4. The molecule has 1 aromatic heterocycles. The summed E-state index contributed by atoms with van der Waals surface area (Å²) in [6.45, 7) is 0.137. The van der Waals surface area contributed by atoms with Crippen LogP contribution in [0.25, 0.3) is 0 Å². The van der Waals surface area contributed by atoms with Crippen molar-refractivity contribution in [2.24, 2.45) is 0 Å². The zero-order valence-corrected chi connectivity index (χ0v) is 14.1. The van der Waals surface area contributed by atoms with E-state index >= 15 is 0 Å². The van der Waals surface area contributed by atoms with Gasteiger partial charge in [-0.25, -0.2) is 4.79 Å². The van der Waals surface area contributed by atoms with Gasteiger partial charge in [0.1, 0.15) is 30.1 Å². The topological polar surface area (TPSA) is 97.2 Å². The zero-order chi connectivity index (χ0) is 18.0. The maximum atomic E-state index is 12.4. The monoisotopic (exact) mass is 361 g/mol. The van der Waals surface area contributed by atoms with Crippen LogP contribution in [0.2, 0.25) is 5.02 Å². The number of halogens is 1. The molecule has 25 heavy (non-hydrogen) atoms. The van der Waals surface area contributed by atoms with Crippen molar-refractivity contribution in [3.63, 3.8) is 0 Å². The first-order valence-corrected chi connectivity index (χ1v) is 8.22. The average Bonchev–Trinajstić information content (AvgIpc) is 3.08. The fourth-order valence-electron chi connectivity index (χ4n) is 2.90. The molecule has 0 spiro atoms. The molecular formula is C17H16ClN3O4. The number of fused-ring (bicyclic) bond motifs is 1. The highest BCUT2D eigenvalue weighted by atomic mass is 35.5. The predicted octanol–water partition coefficient (Wildman–Crippen LogP) is 0.921. The lowest BCUT2D eigenvalue weighted by Gasteiger charge is -2.15. The molecule has 0 radical (unpaired) electrons. The Bertz CT molecular complexity index is 941. The Labute approximate surface area is 148 Å². The first-order chi connectivity index (χ1) is 12.0. The number of rotatable bonds is 5. The summed E-state index contributed by atoms with van der Waals surface area (Å²) in [5.74, 6) is 0.513. The lowest BCUT2D eigenvalue weighted by Crippen LogP contribution is -2.44. The van der Waals surface area contributed by atoms with E-state index in [0.29, 0.717) is 29.4 Å². The van der Waals surface area contributed by atoms with Gasteiger partial charge in [-0.1, -0.05) is 11.6 Å². The average molecular weight is 362 g/mol. The number of hydrogen-bond donors (Lipinski definition) is 1. The van der Waals surface area contributed by atoms with Crippen molar-refractivity contribution in [1.82, 2.24) is 9.13 Å². The molecule has 0 aliphatic carbocycles. The molecule has 130 valence electrons. The van der Waals surface area contributed by atoms with Gasteiger partial charge in [-0.3, -0.25) is 13.9 Å². The summed E-state index contributed by atoms with van der Waals surface area (Å²) in [7, 11) is 0. The van der Waals surface area contributed by atoms with Crippen molar-refractivity contribution < 1.29 is 9.84 Å². The molecule has 1 atom stereocenters. The number of aromatic nitrogens is 2. The van der Waals surface area contributed by atoms with Crippen LogP contribution in [0.3, 0.4) is 0 Å². The van der Waals surface area contributed by atoms with Gasteiger partial charge < -0.3 is 9.84 Å². The highest BCUT2D eigenvalue weighted by Gasteiger charge is 2.23. The molecule has 1 aromatic carbocycles. The van der Waals surface area contributed by atoms with Gasteiger partial charge >= 0.3 is 5.69 Å². The fraction of sp³-hybridized carbons (Fsp3) is 0.353. The first-order valence-electron chi connectivity index (χ1n) is 7.84. The van der Waals surface area contributed by atoms with Gasteiger partial charge in [-0.05, 0) is 37.1 Å². The largest absolute Gasteiger partial charge is 0.491 e. The SMILES string of the molecule is N#Cc1c2n(c(=O)n(C[C@@H](O)COc3ccc(Cl)cc3)c1=O)CCC2. The van der Waals surface area contributed by atoms with Crippen molar-refractivity contribution in [3.05, 3.63) is 61.4 Å². The summed E-state index contributed by atoms with van der Waals surface area (Å²) >= 11 is 5.79. The van der Waals surface area contributed by atoms with Crippen LogP contribution in [0.1, 0.15) is 17.7 Å². The number of nitrogens with zero attached hydrogens (tertiary/aromatic N) is 3. The summed E-state index contributed by atoms with van der Waals surface area (Å²) in [6.07, 6.45) is 0.180. The molecule has 1 aliphatic heterocycles. The smallest absolute Gasteiger partial charge is 0.331 e. The molecule has 1 N–H and O–H groups in total. The highest BCUT2D eigenvalue weighted by Crippen LogP contribution is 2.16. The highest BCUT2D eigenvalue weighted by molar-refractivity contribution is 6.30. The summed E-state index contributed by atoms with van der Waals surface area (Å²) < 4.78 is 7.77. The van der Waals surface area contributed by atoms with E-state index < -0.39 is 17.4 Å². The number of hydrogen-bond acceptors (Lipinski definition) is 5. The maximum Gasteiger partial charge on any atom is 0.331 e. The van der Waals surface area contributed by atoms with Gasteiger partial charge in [0.15, 0.2) is 0 Å². The summed E-state index contributed by atoms with van der Waals surface area (Å²) in [6, 6.07) is 8.49. The molecule has 0 unspecified atom stereocenters. The van der Waals surface area contributed by atoms with Gasteiger partial charge in [0.25, 0.3) is 5.56 Å². The van der Waals surface area contributed by atoms with Gasteiger partial charge in [0, 0.05) is 17.3 Å². The molecule has 0 amide bonds. The normalized spacial score (nSPS) is 14.0. The lowest BCUT2D eigenvalue weighted by molar-refractivity contribution is 0.0899. The van der Waals surface area contributed by atoms with Crippen molar-refractivity contribution in [2.45, 2.75) is 32.0 Å². The van der Waals surface area contributed by atoms with Crippen LogP contribution in [0.4, 0.5) is 0 Å². The van der Waals surface area contributed by atoms with E-state index in [1.165, 1.54) is 4.57 Å². The first kappa shape index (κ1) is 17.3. The van der Waals surface area contributed by atoms with Crippen molar-refractivity contribution in [2.75, 3.05) is 6.61 Å². The molecule has 0 bridgehead atoms. The van der Waals surface area contributed by atoms with Crippen LogP contribution in [-0.2, 0) is 19.5 Å². The lowest BCUT2D eigenvalue weighted by atomic mass is 10.2. The Kier molecular flexibility index (Phi) is 4.93. The van der Waals surface area contributed by atoms with Crippen LogP contribution < -0.4 is 16.0 Å². The Balaban J connectivity index is 1.79. The Morgan fingerprint density at radius 2 is 2.04 bits per heavy atom. The van der Waals surface area contributed by atoms with Crippen LogP contribution >= 0.6 is 11.6 Å². The van der Waals surface area contributed by atoms with E-state index in [2.05, 4.69) is 0 Å². The molecule has 0 saturated carbocycles. The number of ether oxygens (including phenoxy) is 1. The fourth-order valence-corrected chi connectivity index (χ4v) is 3.02. The summed E-state index contributed by atoms with van der Waals surface area (Å²) in [5, 5.41) is 19.9. The molecular weight excluding hydrogens is 346 g/mol. The standard InChI is InChI=1S/C17H16ClN3O4/c18-11-3-5-13(6-4-11)25-10-12(22)9-21-16(23)14(8-19)15-2-1-7-20(15)17(21)24/h3-6,12,22H,1-2,7,9-10H2/t12-/m1/s1. The summed E-state index contributed by atoms with van der Waals surface area (Å²) in [4.78, 5) is 24.8. The second kappa shape index (κ2) is 7.13. The van der Waals surface area contributed by atoms with Crippen LogP contribution in [0.15, 0.2) is 33.9 Å². The minimum Gasteiger partial charge on any atom is -0.491 e. The van der Waals surface area contributed by atoms with Crippen LogP contribution in [0.5, 0.6) is 5.75 Å². The van der Waals surface area contributed by atoms with Gasteiger partial charge in [0.05, 0.1) is 6.54 Å². The molecule has 3 rings (SSSR count). The minimum atomic E-state index is -1.08. The van der Waals surface area contributed by atoms with Crippen molar-refractivity contribution >= 4 is 11.6 Å². The molecule has 1 aliphatic rings. The number of aliphatic hydroxyl groups is 1. The molecule has 0 saturated heterocycles. The predicted molar refractivity (Wildman–Crippen MR) is 91.0 cm³/mol. The molecule has 2 heterocycles.